The fourth-order valence-electron chi connectivity index (χ4n) is 4.10. The monoisotopic (exact) mass is 510 g/mol. The van der Waals surface area contributed by atoms with Crippen molar-refractivity contribution < 1.29 is 18.0 Å². The number of aryl methyl sites for hydroxylation is 2. The molecule has 36 heavy (non-hydrogen) atoms. The molecular weight excluding hydrogens is 489 g/mol. The molecule has 0 aliphatic rings. The van der Waals surface area contributed by atoms with Gasteiger partial charge in [-0.25, -0.2) is 9.67 Å². The van der Waals surface area contributed by atoms with Gasteiger partial charge in [-0.1, -0.05) is 18.2 Å². The van der Waals surface area contributed by atoms with Crippen molar-refractivity contribution in [3.8, 4) is 10.4 Å². The summed E-state index contributed by atoms with van der Waals surface area (Å²) in [7, 11) is 0. The molecule has 4 aromatic heterocycles. The fourth-order valence-corrected chi connectivity index (χ4v) is 4.86. The molecule has 0 unspecified atom stereocenters. The third-order valence-corrected chi connectivity index (χ3v) is 6.63. The minimum absolute atomic E-state index is 0.0647. The molecule has 0 aliphatic carbocycles. The molecule has 0 bridgehead atoms. The summed E-state index contributed by atoms with van der Waals surface area (Å²) in [6.07, 6.45) is -2.71. The van der Waals surface area contributed by atoms with Crippen LogP contribution in [0.3, 0.4) is 0 Å². The quantitative estimate of drug-likeness (QED) is 0.319. The number of fused-ring (bicyclic) bond motifs is 1. The number of amides is 1. The lowest BCUT2D eigenvalue weighted by molar-refractivity contribution is -0.137. The van der Waals surface area contributed by atoms with E-state index in [1.54, 1.807) is 46.0 Å². The van der Waals surface area contributed by atoms with Crippen LogP contribution in [0.25, 0.3) is 21.5 Å². The fraction of sp³-hybridized carbons (Fsp3) is 0.200. The van der Waals surface area contributed by atoms with Crippen molar-refractivity contribution in [1.29, 1.82) is 0 Å². The zero-order valence-electron chi connectivity index (χ0n) is 19.4. The second-order valence-electron chi connectivity index (χ2n) is 8.35. The highest BCUT2D eigenvalue weighted by Gasteiger charge is 2.30. The molecular formula is C25H21F3N6OS. The van der Waals surface area contributed by atoms with Crippen molar-refractivity contribution >= 4 is 34.1 Å². The van der Waals surface area contributed by atoms with Gasteiger partial charge in [0.15, 0.2) is 11.5 Å². The van der Waals surface area contributed by atoms with Gasteiger partial charge in [0.05, 0.1) is 23.2 Å². The van der Waals surface area contributed by atoms with Crippen LogP contribution in [0.5, 0.6) is 0 Å². The molecule has 7 nitrogen and oxygen atoms in total. The Bertz CT molecular complexity index is 1550. The minimum Gasteiger partial charge on any atom is -0.308 e. The number of pyridine rings is 1. The van der Waals surface area contributed by atoms with Crippen molar-refractivity contribution in [2.45, 2.75) is 33.1 Å². The molecule has 0 fully saturated rings. The van der Waals surface area contributed by atoms with Gasteiger partial charge < -0.3 is 5.32 Å². The average molecular weight is 511 g/mol. The molecule has 5 rings (SSSR count). The lowest BCUT2D eigenvalue weighted by Gasteiger charge is -2.09. The first kappa shape index (κ1) is 23.7. The molecule has 0 radical (unpaired) electrons. The normalized spacial score (nSPS) is 11.8. The molecule has 0 aliphatic heterocycles. The topological polar surface area (TPSA) is 77.6 Å². The van der Waals surface area contributed by atoms with E-state index in [-0.39, 0.29) is 19.0 Å². The van der Waals surface area contributed by atoms with Gasteiger partial charge in [0.1, 0.15) is 6.54 Å². The summed E-state index contributed by atoms with van der Waals surface area (Å²) < 4.78 is 42.2. The smallest absolute Gasteiger partial charge is 0.308 e. The second-order valence-corrected chi connectivity index (χ2v) is 9.30. The first-order valence-corrected chi connectivity index (χ1v) is 11.9. The molecule has 1 aromatic carbocycles. The highest BCUT2D eigenvalue weighted by Crippen LogP contribution is 2.33. The van der Waals surface area contributed by atoms with Crippen molar-refractivity contribution in [1.82, 2.24) is 24.5 Å². The van der Waals surface area contributed by atoms with Crippen LogP contribution in [0.15, 0.2) is 60.1 Å². The number of halogens is 3. The Kier molecular flexibility index (Phi) is 6.09. The number of alkyl halides is 3. The van der Waals surface area contributed by atoms with Crippen LogP contribution in [0.4, 0.5) is 19.0 Å². The molecule has 0 atom stereocenters. The van der Waals surface area contributed by atoms with Gasteiger partial charge in [-0.3, -0.25) is 9.48 Å². The van der Waals surface area contributed by atoms with Crippen LogP contribution >= 0.6 is 11.3 Å². The Balaban J connectivity index is 1.32. The van der Waals surface area contributed by atoms with E-state index in [0.717, 1.165) is 33.7 Å². The molecule has 5 aromatic rings. The van der Waals surface area contributed by atoms with E-state index in [1.807, 2.05) is 30.5 Å². The number of aromatic nitrogens is 5. The SMILES string of the molecule is Cc1nn(CC(=O)Nc2cc(C)n(Cc3cccc(C(F)(F)F)c3)n2)c2nccc(-c3cccs3)c12. The number of carbonyl (C=O) groups is 1. The van der Waals surface area contributed by atoms with E-state index in [2.05, 4.69) is 20.5 Å². The number of anilines is 1. The second kappa shape index (κ2) is 9.23. The highest BCUT2D eigenvalue weighted by atomic mass is 32.1. The Morgan fingerprint density at radius 3 is 2.64 bits per heavy atom. The third-order valence-electron chi connectivity index (χ3n) is 5.72. The van der Waals surface area contributed by atoms with E-state index in [9.17, 15) is 18.0 Å². The molecule has 184 valence electrons. The lowest BCUT2D eigenvalue weighted by atomic mass is 10.1. The Morgan fingerprint density at radius 2 is 1.89 bits per heavy atom. The summed E-state index contributed by atoms with van der Waals surface area (Å²) in [5, 5.41) is 14.5. The van der Waals surface area contributed by atoms with Crippen LogP contribution in [0.2, 0.25) is 0 Å². The molecule has 1 N–H and O–H groups in total. The van der Waals surface area contributed by atoms with Gasteiger partial charge in [-0.05, 0) is 49.1 Å². The largest absolute Gasteiger partial charge is 0.416 e. The predicted molar refractivity (Wildman–Crippen MR) is 132 cm³/mol. The molecule has 4 heterocycles. The lowest BCUT2D eigenvalue weighted by Crippen LogP contribution is -2.20. The minimum atomic E-state index is -4.41. The van der Waals surface area contributed by atoms with Gasteiger partial charge in [0, 0.05) is 28.4 Å². The van der Waals surface area contributed by atoms with Crippen LogP contribution in [0, 0.1) is 13.8 Å². The summed E-state index contributed by atoms with van der Waals surface area (Å²) in [6, 6.07) is 12.7. The standard InChI is InChI=1S/C25H21F3N6OS/c1-15-11-21(32-33(15)13-17-5-3-6-18(12-17)25(26,27)28)30-22(35)14-34-24-23(16(2)31-34)19(8-9-29-24)20-7-4-10-36-20/h3-12H,13-14H2,1-2H3,(H,30,32,35). The third kappa shape index (κ3) is 4.74. The van der Waals surface area contributed by atoms with Gasteiger partial charge in [-0.15, -0.1) is 11.3 Å². The van der Waals surface area contributed by atoms with E-state index >= 15 is 0 Å². The number of carbonyl (C=O) groups excluding carboxylic acids is 1. The van der Waals surface area contributed by atoms with Gasteiger partial charge in [-0.2, -0.15) is 23.4 Å². The summed E-state index contributed by atoms with van der Waals surface area (Å²) in [6.45, 7) is 3.74. The number of nitrogens with zero attached hydrogens (tertiary/aromatic N) is 5. The highest BCUT2D eigenvalue weighted by molar-refractivity contribution is 7.13. The number of thiophene rings is 1. The van der Waals surface area contributed by atoms with E-state index in [0.29, 0.717) is 22.7 Å². The summed E-state index contributed by atoms with van der Waals surface area (Å²) >= 11 is 1.62. The van der Waals surface area contributed by atoms with E-state index in [1.165, 1.54) is 6.07 Å². The van der Waals surface area contributed by atoms with Crippen LogP contribution in [0.1, 0.15) is 22.5 Å². The maximum absolute atomic E-state index is 13.0. The molecule has 0 saturated heterocycles. The molecule has 0 saturated carbocycles. The Labute approximate surface area is 208 Å². The van der Waals surface area contributed by atoms with Gasteiger partial charge >= 0.3 is 6.18 Å². The van der Waals surface area contributed by atoms with Crippen molar-refractivity contribution in [2.75, 3.05) is 5.32 Å². The average Bonchev–Trinajstić information content (AvgIpc) is 3.54. The van der Waals surface area contributed by atoms with Crippen molar-refractivity contribution in [2.24, 2.45) is 0 Å². The number of benzene rings is 1. The van der Waals surface area contributed by atoms with Gasteiger partial charge in [0.2, 0.25) is 5.91 Å². The maximum Gasteiger partial charge on any atom is 0.416 e. The predicted octanol–water partition coefficient (Wildman–Crippen LogP) is 5.68. The number of rotatable bonds is 6. The van der Waals surface area contributed by atoms with E-state index < -0.39 is 11.7 Å². The zero-order valence-corrected chi connectivity index (χ0v) is 20.2. The van der Waals surface area contributed by atoms with Crippen LogP contribution in [-0.4, -0.2) is 30.5 Å². The molecule has 11 heteroatoms. The van der Waals surface area contributed by atoms with Crippen molar-refractivity contribution in [3.63, 3.8) is 0 Å². The Morgan fingerprint density at radius 1 is 1.06 bits per heavy atom. The van der Waals surface area contributed by atoms with Crippen LogP contribution < -0.4 is 5.32 Å². The van der Waals surface area contributed by atoms with Crippen LogP contribution in [-0.2, 0) is 24.1 Å². The summed E-state index contributed by atoms with van der Waals surface area (Å²) in [5.74, 6) is -0.0312. The molecule has 0 spiro atoms. The summed E-state index contributed by atoms with van der Waals surface area (Å²) in [4.78, 5) is 18.4. The summed E-state index contributed by atoms with van der Waals surface area (Å²) in [5.41, 5.74) is 2.85. The van der Waals surface area contributed by atoms with E-state index in [4.69, 9.17) is 0 Å². The van der Waals surface area contributed by atoms with Gasteiger partial charge in [0.25, 0.3) is 0 Å². The Hall–Kier alpha value is -3.99. The number of hydrogen-bond donors (Lipinski definition) is 1. The zero-order chi connectivity index (χ0) is 25.4. The number of hydrogen-bond acceptors (Lipinski definition) is 5. The first-order chi connectivity index (χ1) is 17.2. The number of nitrogens with one attached hydrogen (secondary N) is 1. The molecule has 1 amide bonds. The first-order valence-electron chi connectivity index (χ1n) is 11.1. The van der Waals surface area contributed by atoms with Crippen molar-refractivity contribution in [3.05, 3.63) is 82.6 Å². The maximum atomic E-state index is 13.0.